The van der Waals surface area contributed by atoms with Gasteiger partial charge in [-0.2, -0.15) is 13.2 Å². The molecule has 2 aromatic carbocycles. The van der Waals surface area contributed by atoms with Crippen molar-refractivity contribution in [2.24, 2.45) is 0 Å². The molecule has 1 atom stereocenters. The van der Waals surface area contributed by atoms with Gasteiger partial charge in [-0.15, -0.1) is 0 Å². The topological polar surface area (TPSA) is 127 Å². The van der Waals surface area contributed by atoms with E-state index in [1.807, 2.05) is 0 Å². The summed E-state index contributed by atoms with van der Waals surface area (Å²) in [5.41, 5.74) is -5.47. The average Bonchev–Trinajstić information content (AvgIpc) is 2.61. The fraction of sp³-hybridized carbons (Fsp3) is 0.188. The van der Waals surface area contributed by atoms with Crippen LogP contribution in [0, 0.1) is 10.1 Å². The second-order valence-electron chi connectivity index (χ2n) is 5.78. The molecule has 0 aliphatic heterocycles. The Morgan fingerprint density at radius 3 is 2.18 bits per heavy atom. The first kappa shape index (κ1) is 21.3. The number of nitrogens with one attached hydrogen (secondary N) is 1. The molecule has 0 saturated heterocycles. The maximum Gasteiger partial charge on any atom is 0.426 e. The fourth-order valence-electron chi connectivity index (χ4n) is 2.04. The van der Waals surface area contributed by atoms with Gasteiger partial charge in [0.2, 0.25) is 15.4 Å². The van der Waals surface area contributed by atoms with Gasteiger partial charge >= 0.3 is 6.18 Å². The number of carbonyl (C=O) groups is 1. The highest BCUT2D eigenvalue weighted by Gasteiger charge is 2.56. The summed E-state index contributed by atoms with van der Waals surface area (Å²) < 4.78 is 63.3. The number of halogens is 3. The normalized spacial score (nSPS) is 14.2. The van der Waals surface area contributed by atoms with Crippen molar-refractivity contribution in [3.05, 3.63) is 58.6 Å². The summed E-state index contributed by atoms with van der Waals surface area (Å²) in [4.78, 5) is 21.3. The number of hydrogen-bond acceptors (Lipinski definition) is 6. The molecule has 8 nitrogen and oxygen atoms in total. The lowest BCUT2D eigenvalue weighted by Crippen LogP contribution is -2.52. The van der Waals surface area contributed by atoms with Crippen LogP contribution in [0.4, 0.5) is 24.5 Å². The van der Waals surface area contributed by atoms with Crippen LogP contribution in [0.2, 0.25) is 0 Å². The maximum absolute atomic E-state index is 12.7. The molecule has 0 radical (unpaired) electrons. The van der Waals surface area contributed by atoms with E-state index in [-0.39, 0.29) is 11.8 Å². The number of hydrogen-bond donors (Lipinski definition) is 2. The molecule has 150 valence electrons. The fourth-order valence-corrected chi connectivity index (χ4v) is 3.35. The second-order valence-corrected chi connectivity index (χ2v) is 7.73. The lowest BCUT2D eigenvalue weighted by molar-refractivity contribution is -0.384. The van der Waals surface area contributed by atoms with Crippen molar-refractivity contribution < 1.29 is 36.4 Å². The Bertz CT molecular complexity index is 1020. The van der Waals surface area contributed by atoms with Gasteiger partial charge in [-0.3, -0.25) is 14.9 Å². The summed E-state index contributed by atoms with van der Waals surface area (Å²) >= 11 is 0. The molecule has 2 aromatic rings. The molecule has 0 aliphatic rings. The third kappa shape index (κ3) is 3.97. The zero-order valence-electron chi connectivity index (χ0n) is 14.1. The van der Waals surface area contributed by atoms with Gasteiger partial charge in [0.1, 0.15) is 5.69 Å². The minimum absolute atomic E-state index is 0.152. The van der Waals surface area contributed by atoms with Crippen LogP contribution in [-0.2, 0) is 14.6 Å². The largest absolute Gasteiger partial charge is 0.426 e. The van der Waals surface area contributed by atoms with Gasteiger partial charge in [0.15, 0.2) is 0 Å². The van der Waals surface area contributed by atoms with Crippen molar-refractivity contribution in [1.82, 2.24) is 0 Å². The summed E-state index contributed by atoms with van der Waals surface area (Å²) in [6, 6.07) is 9.25. The van der Waals surface area contributed by atoms with Crippen LogP contribution in [-0.4, -0.2) is 36.1 Å². The number of rotatable bonds is 5. The molecule has 0 heterocycles. The molecule has 2 N–H and O–H groups in total. The predicted octanol–water partition coefficient (Wildman–Crippen LogP) is 2.68. The first-order chi connectivity index (χ1) is 12.8. The van der Waals surface area contributed by atoms with Crippen LogP contribution in [0.3, 0.4) is 0 Å². The number of anilines is 1. The van der Waals surface area contributed by atoms with E-state index >= 15 is 0 Å². The third-order valence-corrected chi connectivity index (χ3v) is 5.54. The Morgan fingerprint density at radius 2 is 1.68 bits per heavy atom. The molecule has 0 spiro atoms. The molecular formula is C16H13F3N2O6S. The summed E-state index contributed by atoms with van der Waals surface area (Å²) in [7, 11) is -4.14. The second kappa shape index (κ2) is 7.20. The Hall–Kier alpha value is -2.99. The number of nitrogens with zero attached hydrogens (tertiary/aromatic N) is 1. The minimum atomic E-state index is -5.33. The summed E-state index contributed by atoms with van der Waals surface area (Å²) in [6.07, 6.45) is -5.33. The first-order valence-corrected chi connectivity index (χ1v) is 8.96. The number of carbonyl (C=O) groups excluding carboxylic acids is 1. The zero-order valence-corrected chi connectivity index (χ0v) is 14.9. The SMILES string of the molecule is C[C@@](O)(C(=O)Nc1ccc(S(=O)(=O)c2ccccc2)cc1[N+](=O)[O-])C(F)(F)F. The van der Waals surface area contributed by atoms with Gasteiger partial charge in [-0.05, 0) is 31.2 Å². The van der Waals surface area contributed by atoms with Crippen LogP contribution in [0.1, 0.15) is 6.92 Å². The van der Waals surface area contributed by atoms with Crippen LogP contribution < -0.4 is 5.32 Å². The molecule has 0 fully saturated rings. The molecule has 28 heavy (non-hydrogen) atoms. The van der Waals surface area contributed by atoms with Gasteiger partial charge in [0.25, 0.3) is 11.6 Å². The number of alkyl halides is 3. The monoisotopic (exact) mass is 418 g/mol. The lowest BCUT2D eigenvalue weighted by Gasteiger charge is -2.24. The van der Waals surface area contributed by atoms with Crippen LogP contribution in [0.25, 0.3) is 0 Å². The minimum Gasteiger partial charge on any atom is -0.373 e. The molecule has 0 aliphatic carbocycles. The Kier molecular flexibility index (Phi) is 5.48. The number of sulfone groups is 1. The first-order valence-electron chi connectivity index (χ1n) is 7.47. The van der Waals surface area contributed by atoms with Crippen LogP contribution >= 0.6 is 0 Å². The van der Waals surface area contributed by atoms with E-state index in [9.17, 15) is 41.6 Å². The van der Waals surface area contributed by atoms with Crippen molar-refractivity contribution in [1.29, 1.82) is 0 Å². The molecule has 0 saturated carbocycles. The van der Waals surface area contributed by atoms with E-state index < -0.39 is 48.7 Å². The van der Waals surface area contributed by atoms with Crippen LogP contribution in [0.15, 0.2) is 58.3 Å². The van der Waals surface area contributed by atoms with Gasteiger partial charge in [-0.25, -0.2) is 8.42 Å². The zero-order chi connectivity index (χ0) is 21.3. The predicted molar refractivity (Wildman–Crippen MR) is 90.3 cm³/mol. The lowest BCUT2D eigenvalue weighted by atomic mass is 10.1. The standard InChI is InChI=1S/C16H13F3N2O6S/c1-15(23,16(17,18)19)14(22)20-12-8-7-11(9-13(12)21(24)25)28(26,27)10-5-3-2-4-6-10/h2-9,23H,1H3,(H,20,22)/t15-/m1/s1. The Balaban J connectivity index is 2.48. The third-order valence-electron chi connectivity index (χ3n) is 3.77. The van der Waals surface area contributed by atoms with Gasteiger partial charge < -0.3 is 10.4 Å². The molecule has 0 aromatic heterocycles. The van der Waals surface area contributed by atoms with Gasteiger partial charge in [0.05, 0.1) is 14.7 Å². The van der Waals surface area contributed by atoms with Crippen molar-refractivity contribution in [2.45, 2.75) is 28.5 Å². The maximum atomic E-state index is 12.7. The number of nitro benzene ring substituents is 1. The highest BCUT2D eigenvalue weighted by molar-refractivity contribution is 7.91. The Morgan fingerprint density at radius 1 is 1.11 bits per heavy atom. The van der Waals surface area contributed by atoms with Gasteiger partial charge in [-0.1, -0.05) is 18.2 Å². The van der Waals surface area contributed by atoms with Crippen molar-refractivity contribution in [3.8, 4) is 0 Å². The average molecular weight is 418 g/mol. The molecule has 2 rings (SSSR count). The number of nitro groups is 1. The number of amides is 1. The molecular weight excluding hydrogens is 405 g/mol. The van der Waals surface area contributed by atoms with Crippen LogP contribution in [0.5, 0.6) is 0 Å². The Labute approximate surface area is 156 Å². The van der Waals surface area contributed by atoms with Crippen molar-refractivity contribution in [3.63, 3.8) is 0 Å². The van der Waals surface area contributed by atoms with E-state index in [4.69, 9.17) is 0 Å². The summed E-state index contributed by atoms with van der Waals surface area (Å²) in [5, 5.41) is 22.2. The van der Waals surface area contributed by atoms with E-state index in [0.717, 1.165) is 12.1 Å². The quantitative estimate of drug-likeness (QED) is 0.568. The summed E-state index contributed by atoms with van der Waals surface area (Å²) in [5.74, 6) is -1.96. The smallest absolute Gasteiger partial charge is 0.373 e. The summed E-state index contributed by atoms with van der Waals surface area (Å²) in [6.45, 7) is 0.183. The molecule has 0 bridgehead atoms. The molecule has 0 unspecified atom stereocenters. The van der Waals surface area contributed by atoms with E-state index in [2.05, 4.69) is 0 Å². The van der Waals surface area contributed by atoms with Crippen molar-refractivity contribution in [2.75, 3.05) is 5.32 Å². The number of benzene rings is 2. The number of aliphatic hydroxyl groups is 1. The van der Waals surface area contributed by atoms with E-state index in [1.54, 1.807) is 11.4 Å². The molecule has 1 amide bonds. The molecule has 12 heteroatoms. The van der Waals surface area contributed by atoms with E-state index in [1.165, 1.54) is 24.3 Å². The van der Waals surface area contributed by atoms with Crippen molar-refractivity contribution >= 4 is 27.1 Å². The highest BCUT2D eigenvalue weighted by atomic mass is 32.2. The highest BCUT2D eigenvalue weighted by Crippen LogP contribution is 2.34. The van der Waals surface area contributed by atoms with Gasteiger partial charge in [0, 0.05) is 6.07 Å². The van der Waals surface area contributed by atoms with E-state index in [0.29, 0.717) is 6.07 Å².